The van der Waals surface area contributed by atoms with E-state index in [-0.39, 0.29) is 18.4 Å². The van der Waals surface area contributed by atoms with E-state index in [2.05, 4.69) is 4.74 Å². The highest BCUT2D eigenvalue weighted by molar-refractivity contribution is 5.89. The number of hydrogen-bond acceptors (Lipinski definition) is 3. The van der Waals surface area contributed by atoms with Gasteiger partial charge >= 0.3 is 11.9 Å². The summed E-state index contributed by atoms with van der Waals surface area (Å²) < 4.78 is 30.6. The Bertz CT molecular complexity index is 441. The molecule has 0 N–H and O–H groups in total. The number of cyclic esters (lactones) is 2. The van der Waals surface area contributed by atoms with Crippen molar-refractivity contribution in [3.63, 3.8) is 0 Å². The minimum absolute atomic E-state index is 0.0463. The van der Waals surface area contributed by atoms with Gasteiger partial charge in [-0.05, 0) is 23.8 Å². The summed E-state index contributed by atoms with van der Waals surface area (Å²) in [4.78, 5) is 22.0. The Morgan fingerprint density at radius 1 is 1.12 bits per heavy atom. The quantitative estimate of drug-likeness (QED) is 0.542. The fraction of sp³-hybridized carbons (Fsp3) is 0.273. The van der Waals surface area contributed by atoms with Crippen LogP contribution < -0.4 is 0 Å². The highest BCUT2D eigenvalue weighted by Gasteiger charge is 2.30. The molecular weight excluding hydrogens is 218 g/mol. The monoisotopic (exact) mass is 226 g/mol. The Labute approximate surface area is 90.0 Å². The standard InChI is InChI=1S/C11H8F2O3/c12-7-1-2-9(13)8(5-7)6-3-10(14)16-11(15)4-6/h1-2,5-6H,3-4H2. The zero-order valence-electron chi connectivity index (χ0n) is 8.20. The molecule has 1 aliphatic rings. The molecule has 16 heavy (non-hydrogen) atoms. The molecule has 0 bridgehead atoms. The molecule has 1 aliphatic heterocycles. The molecule has 1 aromatic carbocycles. The van der Waals surface area contributed by atoms with Crippen molar-refractivity contribution in [2.45, 2.75) is 18.8 Å². The van der Waals surface area contributed by atoms with Gasteiger partial charge in [0.25, 0.3) is 0 Å². The first-order chi connectivity index (χ1) is 7.56. The lowest BCUT2D eigenvalue weighted by molar-refractivity contribution is -0.163. The van der Waals surface area contributed by atoms with Crippen molar-refractivity contribution >= 4 is 11.9 Å². The molecule has 2 rings (SSSR count). The van der Waals surface area contributed by atoms with E-state index in [9.17, 15) is 18.4 Å². The summed E-state index contributed by atoms with van der Waals surface area (Å²) in [6, 6.07) is 2.97. The smallest absolute Gasteiger partial charge is 0.314 e. The van der Waals surface area contributed by atoms with Crippen LogP contribution in [0.3, 0.4) is 0 Å². The lowest BCUT2D eigenvalue weighted by atomic mass is 9.90. The number of ether oxygens (including phenoxy) is 1. The molecule has 0 aromatic heterocycles. The van der Waals surface area contributed by atoms with E-state index in [4.69, 9.17) is 0 Å². The molecule has 0 amide bonds. The van der Waals surface area contributed by atoms with Crippen LogP contribution in [-0.4, -0.2) is 11.9 Å². The van der Waals surface area contributed by atoms with Gasteiger partial charge in [-0.15, -0.1) is 0 Å². The van der Waals surface area contributed by atoms with E-state index in [1.54, 1.807) is 0 Å². The number of carbonyl (C=O) groups excluding carboxylic acids is 2. The van der Waals surface area contributed by atoms with Crippen molar-refractivity contribution in [2.24, 2.45) is 0 Å². The van der Waals surface area contributed by atoms with E-state index in [1.807, 2.05) is 0 Å². The van der Waals surface area contributed by atoms with Crippen LogP contribution in [0.2, 0.25) is 0 Å². The van der Waals surface area contributed by atoms with Gasteiger partial charge in [-0.2, -0.15) is 0 Å². The summed E-state index contributed by atoms with van der Waals surface area (Å²) in [5.74, 6) is -3.25. The largest absolute Gasteiger partial charge is 0.393 e. The van der Waals surface area contributed by atoms with Gasteiger partial charge in [-0.1, -0.05) is 0 Å². The van der Waals surface area contributed by atoms with E-state index in [0.29, 0.717) is 0 Å². The van der Waals surface area contributed by atoms with E-state index in [1.165, 1.54) is 0 Å². The van der Waals surface area contributed by atoms with Crippen molar-refractivity contribution in [1.29, 1.82) is 0 Å². The van der Waals surface area contributed by atoms with Crippen LogP contribution >= 0.6 is 0 Å². The fourth-order valence-electron chi connectivity index (χ4n) is 1.73. The first-order valence-corrected chi connectivity index (χ1v) is 4.74. The summed E-state index contributed by atoms with van der Waals surface area (Å²) >= 11 is 0. The zero-order valence-corrected chi connectivity index (χ0v) is 8.20. The Kier molecular flexibility index (Phi) is 2.68. The maximum atomic E-state index is 13.4. The van der Waals surface area contributed by atoms with Crippen molar-refractivity contribution in [3.05, 3.63) is 35.4 Å². The summed E-state index contributed by atoms with van der Waals surface area (Å²) in [7, 11) is 0. The molecule has 0 atom stereocenters. The van der Waals surface area contributed by atoms with Gasteiger partial charge in [0.2, 0.25) is 0 Å². The molecule has 1 saturated heterocycles. The Morgan fingerprint density at radius 3 is 2.38 bits per heavy atom. The number of benzene rings is 1. The Hall–Kier alpha value is -1.78. The average Bonchev–Trinajstić information content (AvgIpc) is 2.20. The van der Waals surface area contributed by atoms with Crippen molar-refractivity contribution in [2.75, 3.05) is 0 Å². The molecule has 84 valence electrons. The predicted octanol–water partition coefficient (Wildman–Crippen LogP) is 1.91. The average molecular weight is 226 g/mol. The third-order valence-corrected chi connectivity index (χ3v) is 2.45. The predicted molar refractivity (Wildman–Crippen MR) is 49.4 cm³/mol. The van der Waals surface area contributed by atoms with Crippen LogP contribution in [0, 0.1) is 11.6 Å². The highest BCUT2D eigenvalue weighted by atomic mass is 19.1. The molecule has 0 saturated carbocycles. The van der Waals surface area contributed by atoms with Gasteiger partial charge in [0, 0.05) is 5.92 Å². The van der Waals surface area contributed by atoms with Gasteiger partial charge in [0.1, 0.15) is 11.6 Å². The molecule has 0 aliphatic carbocycles. The maximum Gasteiger partial charge on any atom is 0.314 e. The van der Waals surface area contributed by atoms with Crippen molar-refractivity contribution in [1.82, 2.24) is 0 Å². The SMILES string of the molecule is O=C1CC(c2cc(F)ccc2F)CC(=O)O1. The van der Waals surface area contributed by atoms with E-state index in [0.717, 1.165) is 18.2 Å². The Morgan fingerprint density at radius 2 is 1.75 bits per heavy atom. The molecule has 0 spiro atoms. The second kappa shape index (κ2) is 4.00. The molecule has 0 unspecified atom stereocenters. The zero-order chi connectivity index (χ0) is 11.7. The minimum atomic E-state index is -0.704. The number of carbonyl (C=O) groups is 2. The lowest BCUT2D eigenvalue weighted by Crippen LogP contribution is -2.24. The molecule has 1 aromatic rings. The third-order valence-electron chi connectivity index (χ3n) is 2.45. The topological polar surface area (TPSA) is 43.4 Å². The third kappa shape index (κ3) is 2.08. The molecule has 1 fully saturated rings. The second-order valence-electron chi connectivity index (χ2n) is 3.62. The number of halogens is 2. The molecular formula is C11H8F2O3. The summed E-state index contributed by atoms with van der Waals surface area (Å²) in [5, 5.41) is 0. The first-order valence-electron chi connectivity index (χ1n) is 4.74. The van der Waals surface area contributed by atoms with Crippen molar-refractivity contribution < 1.29 is 23.1 Å². The van der Waals surface area contributed by atoms with Crippen LogP contribution in [0.4, 0.5) is 8.78 Å². The molecule has 0 radical (unpaired) electrons. The van der Waals surface area contributed by atoms with Crippen LogP contribution in [-0.2, 0) is 14.3 Å². The van der Waals surface area contributed by atoms with Gasteiger partial charge < -0.3 is 4.74 Å². The van der Waals surface area contributed by atoms with Crippen LogP contribution in [0.25, 0.3) is 0 Å². The van der Waals surface area contributed by atoms with Gasteiger partial charge in [0.05, 0.1) is 12.8 Å². The van der Waals surface area contributed by atoms with Crippen molar-refractivity contribution in [3.8, 4) is 0 Å². The number of hydrogen-bond donors (Lipinski definition) is 0. The molecule has 5 heteroatoms. The number of esters is 2. The van der Waals surface area contributed by atoms with Crippen LogP contribution in [0.15, 0.2) is 18.2 Å². The molecule has 1 heterocycles. The van der Waals surface area contributed by atoms with Gasteiger partial charge in [-0.25, -0.2) is 8.78 Å². The van der Waals surface area contributed by atoms with E-state index >= 15 is 0 Å². The summed E-state index contributed by atoms with van der Waals surface area (Å²) in [6.45, 7) is 0. The van der Waals surface area contributed by atoms with Gasteiger partial charge in [-0.3, -0.25) is 9.59 Å². The summed E-state index contributed by atoms with van der Waals surface area (Å²) in [5.41, 5.74) is 0.0463. The molecule has 3 nitrogen and oxygen atoms in total. The van der Waals surface area contributed by atoms with E-state index < -0.39 is 29.5 Å². The normalized spacial score (nSPS) is 17.4. The first kappa shape index (κ1) is 10.7. The number of rotatable bonds is 1. The lowest BCUT2D eigenvalue weighted by Gasteiger charge is -2.20. The van der Waals surface area contributed by atoms with Crippen LogP contribution in [0.5, 0.6) is 0 Å². The highest BCUT2D eigenvalue weighted by Crippen LogP contribution is 2.30. The minimum Gasteiger partial charge on any atom is -0.393 e. The Balaban J connectivity index is 2.32. The van der Waals surface area contributed by atoms with Crippen LogP contribution in [0.1, 0.15) is 24.3 Å². The summed E-state index contributed by atoms with van der Waals surface area (Å²) in [6.07, 6.45) is -0.210. The second-order valence-corrected chi connectivity index (χ2v) is 3.62. The fourth-order valence-corrected chi connectivity index (χ4v) is 1.73. The maximum absolute atomic E-state index is 13.4. The van der Waals surface area contributed by atoms with Gasteiger partial charge in [0.15, 0.2) is 0 Å².